The highest BCUT2D eigenvalue weighted by molar-refractivity contribution is 5.62. The minimum absolute atomic E-state index is 0.624. The summed E-state index contributed by atoms with van der Waals surface area (Å²) in [5.74, 6) is 0.624. The number of para-hydroxylation sites is 1. The Labute approximate surface area is 104 Å². The lowest BCUT2D eigenvalue weighted by atomic mass is 10.1. The Hall–Kier alpha value is -1.76. The molecule has 0 saturated carbocycles. The van der Waals surface area contributed by atoms with E-state index in [1.165, 1.54) is 11.4 Å². The third kappa shape index (κ3) is 3.10. The third-order valence-electron chi connectivity index (χ3n) is 2.63. The van der Waals surface area contributed by atoms with Crippen LogP contribution in [0.1, 0.15) is 13.8 Å². The van der Waals surface area contributed by atoms with Crippen LogP contribution in [0.3, 0.4) is 0 Å². The molecule has 2 aromatic rings. The Balaban J connectivity index is 2.32. The molecule has 0 N–H and O–H groups in total. The summed E-state index contributed by atoms with van der Waals surface area (Å²) in [6.45, 7) is 5.50. The van der Waals surface area contributed by atoms with E-state index in [9.17, 15) is 0 Å². The smallest absolute Gasteiger partial charge is 0.0411 e. The molecule has 0 amide bonds. The molecule has 0 saturated heterocycles. The van der Waals surface area contributed by atoms with Crippen molar-refractivity contribution in [2.75, 3.05) is 11.4 Å². The second-order valence-electron chi connectivity index (χ2n) is 4.60. The van der Waals surface area contributed by atoms with Crippen molar-refractivity contribution in [3.05, 3.63) is 60.7 Å². The normalized spacial score (nSPS) is 10.5. The summed E-state index contributed by atoms with van der Waals surface area (Å²) in [4.78, 5) is 2.35. The van der Waals surface area contributed by atoms with E-state index >= 15 is 0 Å². The van der Waals surface area contributed by atoms with E-state index in [0.29, 0.717) is 5.92 Å². The summed E-state index contributed by atoms with van der Waals surface area (Å²) < 4.78 is 0. The first-order valence-corrected chi connectivity index (χ1v) is 6.06. The van der Waals surface area contributed by atoms with Gasteiger partial charge in [-0.3, -0.25) is 0 Å². The first kappa shape index (κ1) is 11.7. The highest BCUT2D eigenvalue weighted by atomic mass is 15.1. The maximum atomic E-state index is 3.07. The van der Waals surface area contributed by atoms with Gasteiger partial charge in [-0.25, -0.2) is 0 Å². The van der Waals surface area contributed by atoms with Gasteiger partial charge in [0.1, 0.15) is 0 Å². The van der Waals surface area contributed by atoms with Crippen LogP contribution in [-0.2, 0) is 0 Å². The molecule has 17 heavy (non-hydrogen) atoms. The van der Waals surface area contributed by atoms with Gasteiger partial charge in [-0.05, 0) is 36.2 Å². The van der Waals surface area contributed by atoms with E-state index in [1.807, 2.05) is 12.1 Å². The van der Waals surface area contributed by atoms with Gasteiger partial charge in [0.05, 0.1) is 0 Å². The van der Waals surface area contributed by atoms with Crippen molar-refractivity contribution in [1.82, 2.24) is 0 Å². The molecule has 1 radical (unpaired) electrons. The van der Waals surface area contributed by atoms with Gasteiger partial charge in [-0.1, -0.05) is 44.2 Å². The van der Waals surface area contributed by atoms with Gasteiger partial charge in [0.25, 0.3) is 0 Å². The van der Waals surface area contributed by atoms with E-state index in [0.717, 1.165) is 6.54 Å². The van der Waals surface area contributed by atoms with Gasteiger partial charge in [-0.2, -0.15) is 0 Å². The topological polar surface area (TPSA) is 3.24 Å². The van der Waals surface area contributed by atoms with Crippen molar-refractivity contribution in [3.63, 3.8) is 0 Å². The summed E-state index contributed by atoms with van der Waals surface area (Å²) in [6.07, 6.45) is 0. The Morgan fingerprint density at radius 1 is 0.941 bits per heavy atom. The molecule has 0 heterocycles. The summed E-state index contributed by atoms with van der Waals surface area (Å²) in [5, 5.41) is 0. The highest BCUT2D eigenvalue weighted by Gasteiger charge is 2.09. The largest absolute Gasteiger partial charge is 0.341 e. The van der Waals surface area contributed by atoms with Crippen LogP contribution in [0.15, 0.2) is 54.6 Å². The number of hydrogen-bond acceptors (Lipinski definition) is 1. The molecule has 2 aromatic carbocycles. The maximum Gasteiger partial charge on any atom is 0.0411 e. The zero-order valence-corrected chi connectivity index (χ0v) is 10.4. The minimum atomic E-state index is 0.624. The molecule has 0 aromatic heterocycles. The van der Waals surface area contributed by atoms with Crippen molar-refractivity contribution in [2.24, 2.45) is 5.92 Å². The van der Waals surface area contributed by atoms with E-state index in [1.54, 1.807) is 0 Å². The molecule has 0 fully saturated rings. The maximum absolute atomic E-state index is 3.07. The lowest BCUT2D eigenvalue weighted by Crippen LogP contribution is -2.22. The van der Waals surface area contributed by atoms with Crippen molar-refractivity contribution < 1.29 is 0 Å². The average molecular weight is 224 g/mol. The fourth-order valence-corrected chi connectivity index (χ4v) is 1.89. The molecule has 0 aliphatic rings. The van der Waals surface area contributed by atoms with Crippen LogP contribution in [0, 0.1) is 12.0 Å². The average Bonchev–Trinajstić information content (AvgIpc) is 2.38. The van der Waals surface area contributed by atoms with Crippen molar-refractivity contribution in [2.45, 2.75) is 13.8 Å². The Bertz CT molecular complexity index is 394. The Morgan fingerprint density at radius 2 is 1.53 bits per heavy atom. The SMILES string of the molecule is CC(C)CN(c1cc[c]cc1)c1ccccc1. The number of anilines is 2. The van der Waals surface area contributed by atoms with Crippen LogP contribution in [0.5, 0.6) is 0 Å². The molecule has 0 bridgehead atoms. The van der Waals surface area contributed by atoms with Gasteiger partial charge >= 0.3 is 0 Å². The zero-order chi connectivity index (χ0) is 12.1. The quantitative estimate of drug-likeness (QED) is 0.749. The molecule has 2 rings (SSSR count). The molecular weight excluding hydrogens is 206 g/mol. The molecule has 0 unspecified atom stereocenters. The summed E-state index contributed by atoms with van der Waals surface area (Å²) >= 11 is 0. The van der Waals surface area contributed by atoms with E-state index < -0.39 is 0 Å². The minimum Gasteiger partial charge on any atom is -0.341 e. The van der Waals surface area contributed by atoms with Crippen LogP contribution in [0.2, 0.25) is 0 Å². The van der Waals surface area contributed by atoms with Crippen LogP contribution in [0.25, 0.3) is 0 Å². The number of benzene rings is 2. The fraction of sp³-hybridized carbons (Fsp3) is 0.250. The first-order chi connectivity index (χ1) is 8.27. The van der Waals surface area contributed by atoms with Crippen LogP contribution < -0.4 is 4.90 Å². The predicted molar refractivity (Wildman–Crippen MR) is 73.6 cm³/mol. The van der Waals surface area contributed by atoms with Gasteiger partial charge < -0.3 is 4.90 Å². The molecule has 1 nitrogen and oxygen atoms in total. The highest BCUT2D eigenvalue weighted by Crippen LogP contribution is 2.25. The fourth-order valence-electron chi connectivity index (χ4n) is 1.89. The van der Waals surface area contributed by atoms with Gasteiger partial charge in [-0.15, -0.1) is 0 Å². The van der Waals surface area contributed by atoms with Gasteiger partial charge in [0.15, 0.2) is 0 Å². The van der Waals surface area contributed by atoms with E-state index in [-0.39, 0.29) is 0 Å². The molecule has 0 spiro atoms. The number of nitrogens with zero attached hydrogens (tertiary/aromatic N) is 1. The summed E-state index contributed by atoms with van der Waals surface area (Å²) in [5.41, 5.74) is 2.47. The van der Waals surface area contributed by atoms with Crippen LogP contribution >= 0.6 is 0 Å². The molecule has 0 atom stereocenters. The third-order valence-corrected chi connectivity index (χ3v) is 2.63. The monoisotopic (exact) mass is 224 g/mol. The van der Waals surface area contributed by atoms with Crippen molar-refractivity contribution in [3.8, 4) is 0 Å². The van der Waals surface area contributed by atoms with Crippen LogP contribution in [0.4, 0.5) is 11.4 Å². The first-order valence-electron chi connectivity index (χ1n) is 6.06. The van der Waals surface area contributed by atoms with Crippen LogP contribution in [-0.4, -0.2) is 6.54 Å². The van der Waals surface area contributed by atoms with Gasteiger partial charge in [0.2, 0.25) is 0 Å². The Morgan fingerprint density at radius 3 is 2.12 bits per heavy atom. The lowest BCUT2D eigenvalue weighted by molar-refractivity contribution is 0.651. The van der Waals surface area contributed by atoms with Crippen molar-refractivity contribution >= 4 is 11.4 Å². The molecule has 0 aliphatic carbocycles. The summed E-state index contributed by atoms with van der Waals surface area (Å²) in [6, 6.07) is 21.7. The van der Waals surface area contributed by atoms with E-state index in [2.05, 4.69) is 67.3 Å². The molecule has 87 valence electrons. The lowest BCUT2D eigenvalue weighted by Gasteiger charge is -2.26. The second kappa shape index (κ2) is 5.53. The molecule has 0 aliphatic heterocycles. The number of rotatable bonds is 4. The summed E-state index contributed by atoms with van der Waals surface area (Å²) in [7, 11) is 0. The second-order valence-corrected chi connectivity index (χ2v) is 4.60. The molecule has 1 heteroatoms. The predicted octanol–water partition coefficient (Wildman–Crippen LogP) is 4.28. The van der Waals surface area contributed by atoms with E-state index in [4.69, 9.17) is 0 Å². The number of hydrogen-bond donors (Lipinski definition) is 0. The molecular formula is C16H18N. The zero-order valence-electron chi connectivity index (χ0n) is 10.4. The standard InChI is InChI=1S/C16H18N/c1-14(2)13-17(15-9-5-3-6-10-15)16-11-7-4-8-12-16/h3,5-12,14H,13H2,1-2H3. The van der Waals surface area contributed by atoms with Gasteiger partial charge in [0, 0.05) is 17.9 Å². The van der Waals surface area contributed by atoms with Crippen molar-refractivity contribution in [1.29, 1.82) is 0 Å². The Kier molecular flexibility index (Phi) is 3.81.